The lowest BCUT2D eigenvalue weighted by Crippen LogP contribution is -2.46. The number of benzene rings is 2. The zero-order valence-electron chi connectivity index (χ0n) is 16.0. The summed E-state index contributed by atoms with van der Waals surface area (Å²) >= 11 is 0. The van der Waals surface area contributed by atoms with Crippen molar-refractivity contribution in [2.45, 2.75) is 72.4 Å². The van der Waals surface area contributed by atoms with E-state index in [9.17, 15) is 19.0 Å². The molecule has 32 heavy (non-hydrogen) atoms. The van der Waals surface area contributed by atoms with Crippen LogP contribution in [0, 0.1) is 11.6 Å². The van der Waals surface area contributed by atoms with Crippen LogP contribution in [0.15, 0.2) is 36.4 Å². The molecule has 0 amide bonds. The lowest BCUT2D eigenvalue weighted by atomic mass is 9.98. The second-order valence-electron chi connectivity index (χ2n) is 7.69. The van der Waals surface area contributed by atoms with E-state index in [1.165, 1.54) is 24.3 Å². The van der Waals surface area contributed by atoms with Gasteiger partial charge in [-0.15, -0.1) is 0 Å². The number of nitrogens with one attached hydrogen (secondary N) is 1. The summed E-state index contributed by atoms with van der Waals surface area (Å²) in [6, 6.07) is 8.79. The molecule has 0 saturated heterocycles. The van der Waals surface area contributed by atoms with Crippen molar-refractivity contribution in [1.82, 2.24) is 5.32 Å². The molecule has 2 aromatic rings. The molecule has 0 radical (unpaired) electrons. The van der Waals surface area contributed by atoms with Gasteiger partial charge in [-0.25, -0.2) is 8.78 Å². The number of rotatable bonds is 6. The molecular weight excluding hydrogens is 416 g/mol. The van der Waals surface area contributed by atoms with Crippen molar-refractivity contribution < 1.29 is 28.5 Å². The quantitative estimate of drug-likeness (QED) is 0.609. The summed E-state index contributed by atoms with van der Waals surface area (Å²) in [5.74, 6) is 0.624. The Morgan fingerprint density at radius 3 is 1.59 bits per heavy atom. The van der Waals surface area contributed by atoms with Gasteiger partial charge in [-0.05, 0) is 73.2 Å². The van der Waals surface area contributed by atoms with E-state index in [0.29, 0.717) is 37.2 Å². The average Bonchev–Trinajstić information content (AvgIpc) is 2.72. The van der Waals surface area contributed by atoms with Crippen molar-refractivity contribution in [1.29, 1.82) is 0 Å². The Bertz CT molecular complexity index is 794. The summed E-state index contributed by atoms with van der Waals surface area (Å²) in [6.07, 6.45) is 0.214. The fourth-order valence-corrected chi connectivity index (χ4v) is 3.94. The summed E-state index contributed by atoms with van der Waals surface area (Å²) in [5.41, 5.74) is 1.62. The molecule has 5 nitrogen and oxygen atoms in total. The van der Waals surface area contributed by atoms with Crippen LogP contribution in [0.1, 0.15) is 46.2 Å². The zero-order valence-corrected chi connectivity index (χ0v) is 16.0. The fraction of sp³-hybridized carbons (Fsp3) is 0.520. The summed E-state index contributed by atoms with van der Waals surface area (Å²) < 4.78 is 38.2. The number of aryl methyl sites for hydroxylation is 2. The highest BCUT2D eigenvalue weighted by Gasteiger charge is 2.29. The van der Waals surface area contributed by atoms with Crippen LogP contribution in [-0.4, -0.2) is 47.7 Å². The molecule has 0 spiro atoms. The summed E-state index contributed by atoms with van der Waals surface area (Å²) in [5, 5.41) is 23.9. The minimum Gasteiger partial charge on any atom is -0.487 e. The molecule has 0 aliphatic carbocycles. The number of aliphatic hydroxyl groups is 2. The van der Waals surface area contributed by atoms with Gasteiger partial charge in [0.1, 0.15) is 47.5 Å². The zero-order chi connectivity index (χ0) is 20.4. The number of fused-ring (bicyclic) bond motifs is 2. The van der Waals surface area contributed by atoms with Gasteiger partial charge in [0.2, 0.25) is 0 Å². The summed E-state index contributed by atoms with van der Waals surface area (Å²) in [4.78, 5) is 0. The van der Waals surface area contributed by atoms with Gasteiger partial charge in [0, 0.05) is 13.1 Å². The first-order valence-electron chi connectivity index (χ1n) is 9.96. The lowest BCUT2D eigenvalue weighted by molar-refractivity contribution is 0.00892. The monoisotopic (exact) mass is 453 g/mol. The van der Waals surface area contributed by atoms with Gasteiger partial charge in [0.05, 0.1) is 0 Å². The minimum atomic E-state index is -0.753. The molecule has 0 aromatic heterocycles. The molecule has 2 aliphatic heterocycles. The normalized spacial score (nSPS) is 20.5. The van der Waals surface area contributed by atoms with Crippen LogP contribution >= 0.6 is 0 Å². The van der Waals surface area contributed by atoms with Gasteiger partial charge in [-0.3, -0.25) is 0 Å². The van der Waals surface area contributed by atoms with Gasteiger partial charge in [-0.2, -0.15) is 0 Å². The van der Waals surface area contributed by atoms with Crippen molar-refractivity contribution in [2.24, 2.45) is 0 Å². The number of hydrogen-bond acceptors (Lipinski definition) is 5. The number of halogens is 2. The Balaban J connectivity index is 0.00000171. The first-order valence-corrected chi connectivity index (χ1v) is 9.96. The van der Waals surface area contributed by atoms with Crippen molar-refractivity contribution in [3.8, 4) is 11.5 Å². The molecule has 2 aromatic carbocycles. The molecule has 4 rings (SSSR count). The van der Waals surface area contributed by atoms with Crippen molar-refractivity contribution in [3.05, 3.63) is 59.2 Å². The molecular formula is C25H37F2NO4. The molecule has 0 saturated carbocycles. The van der Waals surface area contributed by atoms with E-state index in [4.69, 9.17) is 9.47 Å². The standard InChI is InChI=1S/C22H25F2NO4.3CH4/c23-15-3-7-19-13(9-15)1-5-21(28-19)17(26)11-25-12-18(27)22-6-2-14-10-16(24)4-8-20(14)29-22;;;/h3-4,7-10,17-18,21-22,25-27H,1-2,5-6,11-12H2;3*1H4. The van der Waals surface area contributed by atoms with Crippen LogP contribution in [0.2, 0.25) is 0 Å². The number of aliphatic hydroxyl groups excluding tert-OH is 2. The van der Waals surface area contributed by atoms with Crippen LogP contribution < -0.4 is 14.8 Å². The van der Waals surface area contributed by atoms with Crippen LogP contribution in [0.3, 0.4) is 0 Å². The third-order valence-electron chi connectivity index (χ3n) is 5.56. The second-order valence-corrected chi connectivity index (χ2v) is 7.69. The fourth-order valence-electron chi connectivity index (χ4n) is 3.94. The molecule has 3 N–H and O–H groups in total. The Labute approximate surface area is 190 Å². The van der Waals surface area contributed by atoms with Gasteiger partial charge in [0.15, 0.2) is 0 Å². The molecule has 180 valence electrons. The van der Waals surface area contributed by atoms with Gasteiger partial charge >= 0.3 is 0 Å². The molecule has 2 heterocycles. The second kappa shape index (κ2) is 12.1. The maximum Gasteiger partial charge on any atom is 0.126 e. The van der Waals surface area contributed by atoms with Gasteiger partial charge < -0.3 is 25.0 Å². The molecule has 0 bridgehead atoms. The maximum absolute atomic E-state index is 13.3. The predicted octanol–water partition coefficient (Wildman–Crippen LogP) is 4.27. The maximum atomic E-state index is 13.3. The van der Waals surface area contributed by atoms with E-state index in [1.807, 2.05) is 0 Å². The molecule has 2 aliphatic rings. The van der Waals surface area contributed by atoms with Gasteiger partial charge in [-0.1, -0.05) is 22.3 Å². The molecule has 4 atom stereocenters. The third kappa shape index (κ3) is 6.40. The highest BCUT2D eigenvalue weighted by molar-refractivity contribution is 5.36. The molecule has 0 fully saturated rings. The summed E-state index contributed by atoms with van der Waals surface area (Å²) in [7, 11) is 0. The van der Waals surface area contributed by atoms with Crippen LogP contribution in [0.5, 0.6) is 11.5 Å². The van der Waals surface area contributed by atoms with Crippen LogP contribution in [0.4, 0.5) is 8.78 Å². The Morgan fingerprint density at radius 2 is 1.19 bits per heavy atom. The molecule has 7 heteroatoms. The largest absolute Gasteiger partial charge is 0.487 e. The summed E-state index contributed by atoms with van der Waals surface area (Å²) in [6.45, 7) is 0.513. The average molecular weight is 454 g/mol. The third-order valence-corrected chi connectivity index (χ3v) is 5.56. The SMILES string of the molecule is C.C.C.OC(CNCC(O)C1CCc2cc(F)ccc2O1)C1CCc2cc(F)ccc2O1. The molecule has 4 unspecified atom stereocenters. The van der Waals surface area contributed by atoms with E-state index in [2.05, 4.69) is 5.32 Å². The van der Waals surface area contributed by atoms with Crippen LogP contribution in [-0.2, 0) is 12.8 Å². The van der Waals surface area contributed by atoms with Crippen molar-refractivity contribution in [2.75, 3.05) is 13.1 Å². The highest BCUT2D eigenvalue weighted by Crippen LogP contribution is 2.30. The van der Waals surface area contributed by atoms with Gasteiger partial charge in [0.25, 0.3) is 0 Å². The van der Waals surface area contributed by atoms with E-state index < -0.39 is 12.2 Å². The topological polar surface area (TPSA) is 71.0 Å². The van der Waals surface area contributed by atoms with Crippen LogP contribution in [0.25, 0.3) is 0 Å². The minimum absolute atomic E-state index is 0. The van der Waals surface area contributed by atoms with E-state index in [0.717, 1.165) is 11.1 Å². The first kappa shape index (κ1) is 27.8. The van der Waals surface area contributed by atoms with E-state index >= 15 is 0 Å². The Hall–Kier alpha value is -2.22. The highest BCUT2D eigenvalue weighted by atomic mass is 19.1. The van der Waals surface area contributed by atoms with E-state index in [-0.39, 0.29) is 59.2 Å². The Kier molecular flexibility index (Phi) is 10.5. The van der Waals surface area contributed by atoms with Crippen molar-refractivity contribution >= 4 is 0 Å². The predicted molar refractivity (Wildman–Crippen MR) is 123 cm³/mol. The first-order chi connectivity index (χ1) is 14.0. The van der Waals surface area contributed by atoms with E-state index in [1.54, 1.807) is 12.1 Å². The van der Waals surface area contributed by atoms with Crippen molar-refractivity contribution in [3.63, 3.8) is 0 Å². The number of hydrogen-bond donors (Lipinski definition) is 3. The smallest absolute Gasteiger partial charge is 0.126 e. The lowest BCUT2D eigenvalue weighted by Gasteiger charge is -2.31. The number of ether oxygens (including phenoxy) is 2. The Morgan fingerprint density at radius 1 is 0.781 bits per heavy atom.